The Bertz CT molecular complexity index is 549. The SMILES string of the molecule is CC(C)OC(=O)NC[C@H]1CCC2(CCN(c3cnccn3)CC2)CO1. The third-order valence-electron chi connectivity index (χ3n) is 5.14. The number of aromatic nitrogens is 2. The highest BCUT2D eigenvalue weighted by Crippen LogP contribution is 2.41. The average Bonchev–Trinajstić information content (AvgIpc) is 2.62. The summed E-state index contributed by atoms with van der Waals surface area (Å²) in [6, 6.07) is 0. The van der Waals surface area contributed by atoms with Gasteiger partial charge in [0.15, 0.2) is 0 Å². The zero-order chi connectivity index (χ0) is 17.7. The molecule has 25 heavy (non-hydrogen) atoms. The van der Waals surface area contributed by atoms with Gasteiger partial charge in [-0.1, -0.05) is 0 Å². The van der Waals surface area contributed by atoms with Crippen molar-refractivity contribution in [3.8, 4) is 0 Å². The lowest BCUT2D eigenvalue weighted by molar-refractivity contribution is -0.0705. The summed E-state index contributed by atoms with van der Waals surface area (Å²) in [6.45, 7) is 6.96. The molecule has 0 aromatic carbocycles. The zero-order valence-corrected chi connectivity index (χ0v) is 15.1. The first kappa shape index (κ1) is 17.9. The van der Waals surface area contributed by atoms with Crippen LogP contribution in [0, 0.1) is 5.41 Å². The maximum Gasteiger partial charge on any atom is 0.407 e. The molecule has 1 aromatic heterocycles. The standard InChI is InChI=1S/C18H28N4O3/c1-14(2)25-17(23)21-11-15-3-4-18(13-24-15)5-9-22(10-6-18)16-12-19-7-8-20-16/h7-8,12,14-15H,3-6,9-11,13H2,1-2H3,(H,21,23)/t15-/m1/s1. The summed E-state index contributed by atoms with van der Waals surface area (Å²) in [5, 5.41) is 2.79. The number of hydrogen-bond acceptors (Lipinski definition) is 6. The van der Waals surface area contributed by atoms with Crippen LogP contribution in [-0.4, -0.2) is 54.5 Å². The number of alkyl carbamates (subject to hydrolysis) is 1. The van der Waals surface area contributed by atoms with Crippen molar-refractivity contribution in [2.45, 2.75) is 51.7 Å². The van der Waals surface area contributed by atoms with Gasteiger partial charge in [-0.25, -0.2) is 9.78 Å². The highest BCUT2D eigenvalue weighted by atomic mass is 16.6. The van der Waals surface area contributed by atoms with Crippen LogP contribution in [0.1, 0.15) is 39.5 Å². The molecule has 0 aliphatic carbocycles. The number of carbonyl (C=O) groups is 1. The van der Waals surface area contributed by atoms with Crippen LogP contribution < -0.4 is 10.2 Å². The summed E-state index contributed by atoms with van der Waals surface area (Å²) < 4.78 is 11.1. The Hall–Kier alpha value is -1.89. The van der Waals surface area contributed by atoms with Crippen molar-refractivity contribution in [3.05, 3.63) is 18.6 Å². The molecule has 0 unspecified atom stereocenters. The van der Waals surface area contributed by atoms with Crippen LogP contribution in [0.4, 0.5) is 10.6 Å². The Morgan fingerprint density at radius 3 is 2.80 bits per heavy atom. The van der Waals surface area contributed by atoms with Gasteiger partial charge in [0, 0.05) is 32.0 Å². The van der Waals surface area contributed by atoms with Crippen molar-refractivity contribution in [2.75, 3.05) is 31.1 Å². The molecule has 0 saturated carbocycles. The molecule has 2 saturated heterocycles. The van der Waals surface area contributed by atoms with E-state index >= 15 is 0 Å². The highest BCUT2D eigenvalue weighted by molar-refractivity contribution is 5.67. The number of ether oxygens (including phenoxy) is 2. The number of rotatable bonds is 4. The Kier molecular flexibility index (Phi) is 5.73. The molecule has 1 N–H and O–H groups in total. The molecule has 2 fully saturated rings. The summed E-state index contributed by atoms with van der Waals surface area (Å²) in [5.74, 6) is 0.958. The number of anilines is 1. The quantitative estimate of drug-likeness (QED) is 0.900. The smallest absolute Gasteiger partial charge is 0.407 e. The Labute approximate surface area is 149 Å². The van der Waals surface area contributed by atoms with E-state index < -0.39 is 0 Å². The summed E-state index contributed by atoms with van der Waals surface area (Å²) in [6.07, 6.45) is 9.24. The van der Waals surface area contributed by atoms with Crippen LogP contribution in [0.25, 0.3) is 0 Å². The molecule has 7 nitrogen and oxygen atoms in total. The second-order valence-corrected chi connectivity index (χ2v) is 7.36. The lowest BCUT2D eigenvalue weighted by Gasteiger charge is -2.45. The lowest BCUT2D eigenvalue weighted by Crippen LogP contribution is -2.48. The summed E-state index contributed by atoms with van der Waals surface area (Å²) >= 11 is 0. The Balaban J connectivity index is 1.41. The van der Waals surface area contributed by atoms with Gasteiger partial charge in [0.1, 0.15) is 5.82 Å². The summed E-state index contributed by atoms with van der Waals surface area (Å²) in [7, 11) is 0. The molecule has 1 amide bonds. The maximum atomic E-state index is 11.6. The number of hydrogen-bond donors (Lipinski definition) is 1. The highest BCUT2D eigenvalue weighted by Gasteiger charge is 2.39. The minimum atomic E-state index is -0.365. The minimum absolute atomic E-state index is 0.0864. The second-order valence-electron chi connectivity index (χ2n) is 7.36. The molecular formula is C18H28N4O3. The van der Waals surface area contributed by atoms with Crippen LogP contribution in [0.3, 0.4) is 0 Å². The molecule has 2 aliphatic heterocycles. The van der Waals surface area contributed by atoms with E-state index in [2.05, 4.69) is 20.2 Å². The van der Waals surface area contributed by atoms with E-state index in [9.17, 15) is 4.79 Å². The Morgan fingerprint density at radius 1 is 1.40 bits per heavy atom. The molecule has 0 bridgehead atoms. The summed E-state index contributed by atoms with van der Waals surface area (Å²) in [4.78, 5) is 22.4. The molecule has 138 valence electrons. The third-order valence-corrected chi connectivity index (χ3v) is 5.14. The van der Waals surface area contributed by atoms with Gasteiger partial charge in [0.05, 0.1) is 25.0 Å². The molecular weight excluding hydrogens is 320 g/mol. The molecule has 2 aliphatic rings. The van der Waals surface area contributed by atoms with Gasteiger partial charge in [-0.2, -0.15) is 0 Å². The topological polar surface area (TPSA) is 76.6 Å². The van der Waals surface area contributed by atoms with Gasteiger partial charge >= 0.3 is 6.09 Å². The van der Waals surface area contributed by atoms with Gasteiger partial charge < -0.3 is 19.7 Å². The van der Waals surface area contributed by atoms with Crippen LogP contribution in [-0.2, 0) is 9.47 Å². The predicted octanol–water partition coefficient (Wildman–Crippen LogP) is 2.38. The normalized spacial score (nSPS) is 22.8. The number of carbonyl (C=O) groups excluding carboxylic acids is 1. The Morgan fingerprint density at radius 2 is 2.20 bits per heavy atom. The minimum Gasteiger partial charge on any atom is -0.447 e. The van der Waals surface area contributed by atoms with Gasteiger partial charge in [-0.15, -0.1) is 0 Å². The van der Waals surface area contributed by atoms with Gasteiger partial charge in [-0.05, 0) is 44.9 Å². The van der Waals surface area contributed by atoms with Crippen molar-refractivity contribution in [1.29, 1.82) is 0 Å². The van der Waals surface area contributed by atoms with Gasteiger partial charge in [0.25, 0.3) is 0 Å². The number of amides is 1. The number of piperidine rings is 1. The number of nitrogens with one attached hydrogen (secondary N) is 1. The van der Waals surface area contributed by atoms with Crippen molar-refractivity contribution < 1.29 is 14.3 Å². The molecule has 3 rings (SSSR count). The van der Waals surface area contributed by atoms with E-state index in [1.165, 1.54) is 0 Å². The molecule has 1 atom stereocenters. The first-order chi connectivity index (χ1) is 12.1. The van der Waals surface area contributed by atoms with Crippen LogP contribution in [0.2, 0.25) is 0 Å². The van der Waals surface area contributed by atoms with Crippen LogP contribution >= 0.6 is 0 Å². The van der Waals surface area contributed by atoms with Crippen LogP contribution in [0.5, 0.6) is 0 Å². The van der Waals surface area contributed by atoms with Crippen LogP contribution in [0.15, 0.2) is 18.6 Å². The first-order valence-electron chi connectivity index (χ1n) is 9.13. The maximum absolute atomic E-state index is 11.6. The summed E-state index contributed by atoms with van der Waals surface area (Å²) in [5.41, 5.74) is 0.271. The predicted molar refractivity (Wildman–Crippen MR) is 94.5 cm³/mol. The van der Waals surface area contributed by atoms with Crippen molar-refractivity contribution in [2.24, 2.45) is 5.41 Å². The van der Waals surface area contributed by atoms with Crippen molar-refractivity contribution in [1.82, 2.24) is 15.3 Å². The van der Waals surface area contributed by atoms with Gasteiger partial charge in [-0.3, -0.25) is 4.98 Å². The van der Waals surface area contributed by atoms with E-state index in [0.717, 1.165) is 51.2 Å². The number of nitrogens with zero attached hydrogens (tertiary/aromatic N) is 3. The van der Waals surface area contributed by atoms with E-state index in [4.69, 9.17) is 9.47 Å². The first-order valence-corrected chi connectivity index (χ1v) is 9.13. The molecule has 1 aromatic rings. The fourth-order valence-electron chi connectivity index (χ4n) is 3.59. The fourth-order valence-corrected chi connectivity index (χ4v) is 3.59. The molecule has 3 heterocycles. The fraction of sp³-hybridized carbons (Fsp3) is 0.722. The van der Waals surface area contributed by atoms with Crippen molar-refractivity contribution >= 4 is 11.9 Å². The largest absolute Gasteiger partial charge is 0.447 e. The van der Waals surface area contributed by atoms with Gasteiger partial charge in [0.2, 0.25) is 0 Å². The average molecular weight is 348 g/mol. The van der Waals surface area contributed by atoms with E-state index in [1.807, 2.05) is 20.0 Å². The zero-order valence-electron chi connectivity index (χ0n) is 15.1. The monoisotopic (exact) mass is 348 g/mol. The van der Waals surface area contributed by atoms with E-state index in [1.54, 1.807) is 12.4 Å². The molecule has 1 spiro atoms. The third kappa shape index (κ3) is 4.81. The lowest BCUT2D eigenvalue weighted by atomic mass is 9.73. The van der Waals surface area contributed by atoms with E-state index in [0.29, 0.717) is 6.54 Å². The van der Waals surface area contributed by atoms with E-state index in [-0.39, 0.29) is 23.7 Å². The molecule has 7 heteroatoms. The molecule has 0 radical (unpaired) electrons. The van der Waals surface area contributed by atoms with Crippen molar-refractivity contribution in [3.63, 3.8) is 0 Å². The second kappa shape index (κ2) is 7.99.